The van der Waals surface area contributed by atoms with E-state index in [2.05, 4.69) is 46.3 Å². The molecule has 0 spiro atoms. The average molecular weight is 301 g/mol. The minimum atomic E-state index is 0.866. The van der Waals surface area contributed by atoms with E-state index in [9.17, 15) is 0 Å². The Balaban J connectivity index is 2.35. The summed E-state index contributed by atoms with van der Waals surface area (Å²) < 4.78 is 6.34. The van der Waals surface area contributed by atoms with Crippen molar-refractivity contribution in [3.63, 3.8) is 0 Å². The van der Waals surface area contributed by atoms with Gasteiger partial charge in [0.1, 0.15) is 5.75 Å². The molecule has 0 radical (unpaired) electrons. The highest BCUT2D eigenvalue weighted by atomic mass is 79.9. The zero-order valence-corrected chi connectivity index (χ0v) is 12.4. The van der Waals surface area contributed by atoms with Crippen molar-refractivity contribution in [2.75, 3.05) is 34.3 Å². The first-order valence-electron chi connectivity index (χ1n) is 5.81. The molecule has 0 aromatic heterocycles. The Kier molecular flexibility index (Phi) is 6.55. The molecule has 0 saturated carbocycles. The van der Waals surface area contributed by atoms with E-state index in [4.69, 9.17) is 4.74 Å². The van der Waals surface area contributed by atoms with Gasteiger partial charge in [-0.2, -0.15) is 0 Å². The van der Waals surface area contributed by atoms with E-state index < -0.39 is 0 Å². The highest BCUT2D eigenvalue weighted by molar-refractivity contribution is 9.10. The van der Waals surface area contributed by atoms with Crippen molar-refractivity contribution in [3.05, 3.63) is 28.2 Å². The maximum absolute atomic E-state index is 5.21. The second kappa shape index (κ2) is 7.69. The van der Waals surface area contributed by atoms with Gasteiger partial charge in [-0.15, -0.1) is 0 Å². The van der Waals surface area contributed by atoms with E-state index in [0.717, 1.165) is 36.3 Å². The van der Waals surface area contributed by atoms with E-state index in [0.29, 0.717) is 0 Å². The first kappa shape index (κ1) is 14.5. The van der Waals surface area contributed by atoms with E-state index in [1.54, 1.807) is 7.11 Å². The zero-order chi connectivity index (χ0) is 12.7. The normalized spacial score (nSPS) is 10.9. The number of ether oxygens (including phenoxy) is 1. The van der Waals surface area contributed by atoms with Crippen LogP contribution < -0.4 is 10.1 Å². The summed E-state index contributed by atoms with van der Waals surface area (Å²) in [5.74, 6) is 0.901. The van der Waals surface area contributed by atoms with E-state index >= 15 is 0 Å². The van der Waals surface area contributed by atoms with Gasteiger partial charge in [0, 0.05) is 11.0 Å². The second-order valence-corrected chi connectivity index (χ2v) is 5.15. The van der Waals surface area contributed by atoms with Gasteiger partial charge in [0.15, 0.2) is 0 Å². The lowest BCUT2D eigenvalue weighted by Crippen LogP contribution is -2.21. The molecule has 0 saturated heterocycles. The van der Waals surface area contributed by atoms with Crippen LogP contribution in [0.5, 0.6) is 5.75 Å². The van der Waals surface area contributed by atoms with Crippen molar-refractivity contribution in [2.24, 2.45) is 0 Å². The Morgan fingerprint density at radius 3 is 2.76 bits per heavy atom. The van der Waals surface area contributed by atoms with Crippen molar-refractivity contribution in [1.29, 1.82) is 0 Å². The minimum absolute atomic E-state index is 0.866. The standard InChI is InChI=1S/C13H21BrN2O/c1-16(2)8-4-7-15-10-11-9-12(17-3)5-6-13(11)14/h5-6,9,15H,4,7-8,10H2,1-3H3. The predicted octanol–water partition coefficient (Wildman–Crippen LogP) is 2.50. The van der Waals surface area contributed by atoms with Crippen LogP contribution in [0.15, 0.2) is 22.7 Å². The number of hydrogen-bond acceptors (Lipinski definition) is 3. The smallest absolute Gasteiger partial charge is 0.119 e. The summed E-state index contributed by atoms with van der Waals surface area (Å²) in [6, 6.07) is 6.04. The number of nitrogens with one attached hydrogen (secondary N) is 1. The van der Waals surface area contributed by atoms with Gasteiger partial charge in [-0.1, -0.05) is 15.9 Å². The van der Waals surface area contributed by atoms with Crippen LogP contribution >= 0.6 is 15.9 Å². The molecule has 0 unspecified atom stereocenters. The number of halogens is 1. The molecule has 1 aromatic carbocycles. The molecule has 0 aliphatic rings. The van der Waals surface area contributed by atoms with E-state index in [1.165, 1.54) is 5.56 Å². The van der Waals surface area contributed by atoms with Gasteiger partial charge in [-0.05, 0) is 57.4 Å². The Hall–Kier alpha value is -0.580. The Morgan fingerprint density at radius 2 is 2.12 bits per heavy atom. The molecule has 0 aliphatic heterocycles. The summed E-state index contributed by atoms with van der Waals surface area (Å²) in [7, 11) is 5.88. The summed E-state index contributed by atoms with van der Waals surface area (Å²) in [6.07, 6.45) is 1.16. The molecule has 0 atom stereocenters. The average Bonchev–Trinajstić information content (AvgIpc) is 2.30. The fourth-order valence-electron chi connectivity index (χ4n) is 1.56. The first-order chi connectivity index (χ1) is 8.13. The van der Waals surface area contributed by atoms with Gasteiger partial charge in [-0.3, -0.25) is 0 Å². The summed E-state index contributed by atoms with van der Waals surface area (Å²) in [6.45, 7) is 3.01. The number of benzene rings is 1. The molecule has 1 rings (SSSR count). The first-order valence-corrected chi connectivity index (χ1v) is 6.60. The molecule has 0 heterocycles. The van der Waals surface area contributed by atoms with Crippen LogP contribution in [-0.2, 0) is 6.54 Å². The summed E-state index contributed by atoms with van der Waals surface area (Å²) in [5.41, 5.74) is 1.23. The van der Waals surface area contributed by atoms with Crippen LogP contribution in [-0.4, -0.2) is 39.2 Å². The molecule has 0 bridgehead atoms. The topological polar surface area (TPSA) is 24.5 Å². The highest BCUT2D eigenvalue weighted by Gasteiger charge is 2.01. The number of hydrogen-bond donors (Lipinski definition) is 1. The Morgan fingerprint density at radius 1 is 1.35 bits per heavy atom. The molecule has 3 nitrogen and oxygen atoms in total. The lowest BCUT2D eigenvalue weighted by Gasteiger charge is -2.11. The molecule has 0 amide bonds. The van der Waals surface area contributed by atoms with Crippen LogP contribution in [0.4, 0.5) is 0 Å². The van der Waals surface area contributed by atoms with Crippen LogP contribution in [0.3, 0.4) is 0 Å². The van der Waals surface area contributed by atoms with Gasteiger partial charge in [0.05, 0.1) is 7.11 Å². The van der Waals surface area contributed by atoms with E-state index in [-0.39, 0.29) is 0 Å². The molecule has 4 heteroatoms. The van der Waals surface area contributed by atoms with Crippen LogP contribution in [0, 0.1) is 0 Å². The predicted molar refractivity (Wildman–Crippen MR) is 75.6 cm³/mol. The molecule has 0 fully saturated rings. The van der Waals surface area contributed by atoms with Crippen LogP contribution in [0.1, 0.15) is 12.0 Å². The third-order valence-corrected chi connectivity index (χ3v) is 3.30. The maximum atomic E-state index is 5.21. The van der Waals surface area contributed by atoms with Gasteiger partial charge < -0.3 is 15.0 Å². The Bertz CT molecular complexity index is 342. The Labute approximate surface area is 112 Å². The monoisotopic (exact) mass is 300 g/mol. The van der Waals surface area contributed by atoms with Crippen molar-refractivity contribution < 1.29 is 4.74 Å². The van der Waals surface area contributed by atoms with Gasteiger partial charge in [0.25, 0.3) is 0 Å². The van der Waals surface area contributed by atoms with Crippen molar-refractivity contribution >= 4 is 15.9 Å². The van der Waals surface area contributed by atoms with Gasteiger partial charge in [-0.25, -0.2) is 0 Å². The quantitative estimate of drug-likeness (QED) is 0.783. The number of methoxy groups -OCH3 is 1. The maximum Gasteiger partial charge on any atom is 0.119 e. The second-order valence-electron chi connectivity index (χ2n) is 4.29. The SMILES string of the molecule is COc1ccc(Br)c(CNCCCN(C)C)c1. The molecule has 17 heavy (non-hydrogen) atoms. The fourth-order valence-corrected chi connectivity index (χ4v) is 1.94. The molecule has 1 aromatic rings. The van der Waals surface area contributed by atoms with Crippen molar-refractivity contribution in [2.45, 2.75) is 13.0 Å². The van der Waals surface area contributed by atoms with Crippen molar-refractivity contribution in [1.82, 2.24) is 10.2 Å². The third-order valence-electron chi connectivity index (χ3n) is 2.53. The number of rotatable bonds is 7. The molecule has 96 valence electrons. The zero-order valence-electron chi connectivity index (χ0n) is 10.8. The molecular weight excluding hydrogens is 280 g/mol. The lowest BCUT2D eigenvalue weighted by molar-refractivity contribution is 0.394. The minimum Gasteiger partial charge on any atom is -0.497 e. The lowest BCUT2D eigenvalue weighted by atomic mass is 10.2. The molecule has 0 aliphatic carbocycles. The number of nitrogens with zero attached hydrogens (tertiary/aromatic N) is 1. The molecule has 1 N–H and O–H groups in total. The third kappa shape index (κ3) is 5.52. The highest BCUT2D eigenvalue weighted by Crippen LogP contribution is 2.22. The van der Waals surface area contributed by atoms with Gasteiger partial charge >= 0.3 is 0 Å². The van der Waals surface area contributed by atoms with Gasteiger partial charge in [0.2, 0.25) is 0 Å². The summed E-state index contributed by atoms with van der Waals surface area (Å²) in [4.78, 5) is 2.20. The van der Waals surface area contributed by atoms with Crippen molar-refractivity contribution in [3.8, 4) is 5.75 Å². The van der Waals surface area contributed by atoms with Crippen LogP contribution in [0.25, 0.3) is 0 Å². The summed E-state index contributed by atoms with van der Waals surface area (Å²) in [5, 5.41) is 3.44. The molecular formula is C13H21BrN2O. The largest absolute Gasteiger partial charge is 0.497 e. The van der Waals surface area contributed by atoms with E-state index in [1.807, 2.05) is 12.1 Å². The van der Waals surface area contributed by atoms with Crippen LogP contribution in [0.2, 0.25) is 0 Å². The summed E-state index contributed by atoms with van der Waals surface area (Å²) >= 11 is 3.55. The fraction of sp³-hybridized carbons (Fsp3) is 0.538.